The molecule has 2 aliphatic rings. The van der Waals surface area contributed by atoms with E-state index in [1.165, 1.54) is 11.6 Å². The van der Waals surface area contributed by atoms with Gasteiger partial charge in [0.25, 0.3) is 0 Å². The molecule has 0 fully saturated rings. The molecule has 0 radical (unpaired) electrons. The van der Waals surface area contributed by atoms with Gasteiger partial charge in [0.1, 0.15) is 18.2 Å². The monoisotopic (exact) mass is 247 g/mol. The van der Waals surface area contributed by atoms with Gasteiger partial charge in [0, 0.05) is 12.1 Å². The van der Waals surface area contributed by atoms with Crippen molar-refractivity contribution in [1.82, 2.24) is 5.32 Å². The topological polar surface area (TPSA) is 21.3 Å². The van der Waals surface area contributed by atoms with Crippen LogP contribution >= 0.6 is 0 Å². The summed E-state index contributed by atoms with van der Waals surface area (Å²) >= 11 is 0. The average Bonchev–Trinajstić information content (AvgIpc) is 2.90. The summed E-state index contributed by atoms with van der Waals surface area (Å²) < 4.78 is 19.5. The minimum absolute atomic E-state index is 0.0756. The zero-order valence-electron chi connectivity index (χ0n) is 10.5. The third-order valence-corrected chi connectivity index (χ3v) is 3.70. The van der Waals surface area contributed by atoms with Gasteiger partial charge in [0.2, 0.25) is 0 Å². The van der Waals surface area contributed by atoms with Crippen molar-refractivity contribution in [2.75, 3.05) is 19.7 Å². The normalized spacial score (nSPS) is 18.4. The molecule has 96 valence electrons. The quantitative estimate of drug-likeness (QED) is 0.829. The van der Waals surface area contributed by atoms with E-state index in [1.807, 2.05) is 0 Å². The third kappa shape index (κ3) is 2.27. The summed E-state index contributed by atoms with van der Waals surface area (Å²) in [6, 6.07) is 3.31. The van der Waals surface area contributed by atoms with Gasteiger partial charge < -0.3 is 10.1 Å². The van der Waals surface area contributed by atoms with Crippen molar-refractivity contribution in [2.24, 2.45) is 0 Å². The largest absolute Gasteiger partial charge is 0.489 e. The van der Waals surface area contributed by atoms with Crippen molar-refractivity contribution in [3.05, 3.63) is 40.7 Å². The van der Waals surface area contributed by atoms with E-state index in [2.05, 4.69) is 11.4 Å². The molecule has 1 aliphatic heterocycles. The van der Waals surface area contributed by atoms with Crippen LogP contribution in [0.1, 0.15) is 24.0 Å². The Labute approximate surface area is 107 Å². The Bertz CT molecular complexity index is 482. The summed E-state index contributed by atoms with van der Waals surface area (Å²) in [5, 5.41) is 3.32. The maximum Gasteiger partial charge on any atom is 0.126 e. The number of benzene rings is 1. The van der Waals surface area contributed by atoms with Gasteiger partial charge in [0.05, 0.1) is 0 Å². The summed E-state index contributed by atoms with van der Waals surface area (Å²) in [7, 11) is 0. The van der Waals surface area contributed by atoms with Crippen LogP contribution in [0.4, 0.5) is 4.39 Å². The molecule has 1 aromatic rings. The van der Waals surface area contributed by atoms with Gasteiger partial charge in [-0.15, -0.1) is 0 Å². The van der Waals surface area contributed by atoms with E-state index in [1.54, 1.807) is 6.07 Å². The summed E-state index contributed by atoms with van der Waals surface area (Å²) in [4.78, 5) is 0. The molecule has 0 bridgehead atoms. The van der Waals surface area contributed by atoms with Crippen LogP contribution < -0.4 is 10.1 Å². The van der Waals surface area contributed by atoms with Crippen LogP contribution in [0.5, 0.6) is 5.75 Å². The second-order valence-electron chi connectivity index (χ2n) is 4.97. The molecule has 1 heterocycles. The highest BCUT2D eigenvalue weighted by molar-refractivity contribution is 5.44. The molecule has 0 unspecified atom stereocenters. The highest BCUT2D eigenvalue weighted by atomic mass is 19.1. The molecule has 1 aromatic carbocycles. The van der Waals surface area contributed by atoms with E-state index in [9.17, 15) is 4.39 Å². The lowest BCUT2D eigenvalue weighted by molar-refractivity contribution is 0.341. The summed E-state index contributed by atoms with van der Waals surface area (Å²) in [5.74, 6) is 0.795. The Hall–Kier alpha value is -1.35. The highest BCUT2D eigenvalue weighted by Crippen LogP contribution is 2.32. The van der Waals surface area contributed by atoms with Crippen molar-refractivity contribution < 1.29 is 9.13 Å². The summed E-state index contributed by atoms with van der Waals surface area (Å²) in [5.41, 5.74) is 3.24. The van der Waals surface area contributed by atoms with Gasteiger partial charge in [-0.3, -0.25) is 0 Å². The van der Waals surface area contributed by atoms with Crippen molar-refractivity contribution in [1.29, 1.82) is 0 Å². The fourth-order valence-corrected chi connectivity index (χ4v) is 2.74. The zero-order chi connectivity index (χ0) is 12.4. The van der Waals surface area contributed by atoms with Crippen molar-refractivity contribution in [2.45, 2.75) is 25.7 Å². The Morgan fingerprint density at radius 1 is 1.22 bits per heavy atom. The molecule has 18 heavy (non-hydrogen) atoms. The first kappa shape index (κ1) is 11.7. The number of hydrogen-bond acceptors (Lipinski definition) is 2. The number of ether oxygens (including phenoxy) is 1. The van der Waals surface area contributed by atoms with Crippen LogP contribution in [-0.2, 0) is 12.8 Å². The van der Waals surface area contributed by atoms with Gasteiger partial charge >= 0.3 is 0 Å². The standard InChI is InChI=1S/C15H18FNO/c16-14-6-7-15(13-5-1-4-12(13)14)18-10-11-3-2-8-17-9-11/h3,6-7,17H,1-2,4-5,8-10H2. The van der Waals surface area contributed by atoms with E-state index in [0.717, 1.165) is 55.6 Å². The first-order valence-electron chi connectivity index (χ1n) is 6.66. The Kier molecular flexibility index (Phi) is 3.33. The molecule has 3 rings (SSSR count). The minimum atomic E-state index is -0.0756. The molecule has 0 amide bonds. The lowest BCUT2D eigenvalue weighted by Gasteiger charge is -2.16. The molecule has 0 atom stereocenters. The number of hydrogen-bond donors (Lipinski definition) is 1. The zero-order valence-corrected chi connectivity index (χ0v) is 10.5. The van der Waals surface area contributed by atoms with Gasteiger partial charge in [-0.2, -0.15) is 0 Å². The third-order valence-electron chi connectivity index (χ3n) is 3.70. The number of rotatable bonds is 3. The fourth-order valence-electron chi connectivity index (χ4n) is 2.74. The van der Waals surface area contributed by atoms with Gasteiger partial charge in [0.15, 0.2) is 0 Å². The molecule has 0 aromatic heterocycles. The van der Waals surface area contributed by atoms with Gasteiger partial charge in [-0.25, -0.2) is 4.39 Å². The lowest BCUT2D eigenvalue weighted by Crippen LogP contribution is -2.25. The van der Waals surface area contributed by atoms with E-state index >= 15 is 0 Å². The van der Waals surface area contributed by atoms with Crippen LogP contribution in [0.25, 0.3) is 0 Å². The van der Waals surface area contributed by atoms with Crippen LogP contribution in [0.2, 0.25) is 0 Å². The van der Waals surface area contributed by atoms with Crippen LogP contribution in [0.15, 0.2) is 23.8 Å². The van der Waals surface area contributed by atoms with Crippen LogP contribution in [-0.4, -0.2) is 19.7 Å². The molecule has 2 nitrogen and oxygen atoms in total. The van der Waals surface area contributed by atoms with Gasteiger partial charge in [-0.1, -0.05) is 6.08 Å². The van der Waals surface area contributed by atoms with E-state index in [4.69, 9.17) is 4.74 Å². The number of fused-ring (bicyclic) bond motifs is 1. The molecule has 1 N–H and O–H groups in total. The van der Waals surface area contributed by atoms with E-state index in [-0.39, 0.29) is 5.82 Å². The summed E-state index contributed by atoms with van der Waals surface area (Å²) in [6.45, 7) is 2.57. The Morgan fingerprint density at radius 2 is 2.11 bits per heavy atom. The smallest absolute Gasteiger partial charge is 0.126 e. The average molecular weight is 247 g/mol. The predicted octanol–water partition coefficient (Wildman–Crippen LogP) is 2.61. The molecule has 0 saturated heterocycles. The molecular weight excluding hydrogens is 229 g/mol. The van der Waals surface area contributed by atoms with E-state index in [0.29, 0.717) is 6.61 Å². The summed E-state index contributed by atoms with van der Waals surface area (Å²) in [6.07, 6.45) is 6.14. The van der Waals surface area contributed by atoms with Crippen molar-refractivity contribution in [3.63, 3.8) is 0 Å². The molecule has 0 saturated carbocycles. The Morgan fingerprint density at radius 3 is 2.94 bits per heavy atom. The first-order valence-corrected chi connectivity index (χ1v) is 6.66. The SMILES string of the molecule is Fc1ccc(OCC2=CCCNC2)c2c1CCC2. The minimum Gasteiger partial charge on any atom is -0.489 e. The number of nitrogens with one attached hydrogen (secondary N) is 1. The molecule has 1 aliphatic carbocycles. The first-order chi connectivity index (χ1) is 8.84. The maximum atomic E-state index is 13.6. The van der Waals surface area contributed by atoms with Gasteiger partial charge in [-0.05, 0) is 55.5 Å². The highest BCUT2D eigenvalue weighted by Gasteiger charge is 2.19. The van der Waals surface area contributed by atoms with Crippen LogP contribution in [0.3, 0.4) is 0 Å². The predicted molar refractivity (Wildman–Crippen MR) is 69.5 cm³/mol. The molecule has 0 spiro atoms. The second-order valence-corrected chi connectivity index (χ2v) is 4.97. The van der Waals surface area contributed by atoms with E-state index < -0.39 is 0 Å². The maximum absolute atomic E-state index is 13.6. The molecular formula is C15H18FNO. The fraction of sp³-hybridized carbons (Fsp3) is 0.467. The van der Waals surface area contributed by atoms with Crippen molar-refractivity contribution >= 4 is 0 Å². The molecule has 3 heteroatoms. The van der Waals surface area contributed by atoms with Crippen molar-refractivity contribution in [3.8, 4) is 5.75 Å². The lowest BCUT2D eigenvalue weighted by atomic mass is 10.1. The Balaban J connectivity index is 1.73. The number of halogens is 1. The second kappa shape index (κ2) is 5.11. The van der Waals surface area contributed by atoms with Crippen LogP contribution in [0, 0.1) is 5.82 Å².